The van der Waals surface area contributed by atoms with Crippen LogP contribution in [0.25, 0.3) is 34.2 Å². The van der Waals surface area contributed by atoms with Crippen molar-refractivity contribution in [2.45, 2.75) is 91.1 Å². The van der Waals surface area contributed by atoms with Crippen LogP contribution < -0.4 is 24.7 Å². The van der Waals surface area contributed by atoms with Crippen LogP contribution in [0.1, 0.15) is 42.5 Å². The van der Waals surface area contributed by atoms with Gasteiger partial charge in [-0.05, 0) is 94.6 Å². The van der Waals surface area contributed by atoms with Crippen LogP contribution in [0.2, 0.25) is 0 Å². The quantitative estimate of drug-likeness (QED) is 0.149. The molecule has 0 aliphatic carbocycles. The average Bonchev–Trinajstić information content (AvgIpc) is 4.30. The van der Waals surface area contributed by atoms with Crippen molar-refractivity contribution in [3.63, 3.8) is 0 Å². The molecule has 402 valence electrons. The molecule has 0 N–H and O–H groups in total. The van der Waals surface area contributed by atoms with Crippen molar-refractivity contribution in [2.24, 2.45) is 14.1 Å². The molecule has 26 nitrogen and oxygen atoms in total. The molecule has 2 aromatic carbocycles. The molecular formula is C48H52BBrN18O8U2-2. The number of rotatable bonds is 8. The third-order valence-electron chi connectivity index (χ3n) is 13.2. The van der Waals surface area contributed by atoms with Crippen molar-refractivity contribution in [1.29, 1.82) is 0 Å². The van der Waals surface area contributed by atoms with Gasteiger partial charge in [0.1, 0.15) is 48.9 Å². The number of hydrogen-bond donors (Lipinski definition) is 0. The van der Waals surface area contributed by atoms with Crippen molar-refractivity contribution in [3.8, 4) is 45.7 Å². The minimum Gasteiger partial charge on any atom is -0.515 e. The van der Waals surface area contributed by atoms with Crippen molar-refractivity contribution in [3.05, 3.63) is 102 Å². The molecule has 0 saturated carbocycles. The van der Waals surface area contributed by atoms with Gasteiger partial charge in [0.2, 0.25) is 0 Å². The number of pyridine rings is 2. The zero-order valence-corrected chi connectivity index (χ0v) is 51.4. The van der Waals surface area contributed by atoms with E-state index in [1.807, 2.05) is 64.1 Å². The molecule has 30 heteroatoms. The summed E-state index contributed by atoms with van der Waals surface area (Å²) in [4.78, 5) is 37.1. The summed E-state index contributed by atoms with van der Waals surface area (Å²) >= 11 is 3.31. The summed E-state index contributed by atoms with van der Waals surface area (Å²) in [6, 6.07) is 20.6. The summed E-state index contributed by atoms with van der Waals surface area (Å²) in [6.07, 6.45) is 8.51. The number of anilines is 2. The van der Waals surface area contributed by atoms with Gasteiger partial charge in [-0.1, -0.05) is 36.9 Å². The summed E-state index contributed by atoms with van der Waals surface area (Å²) in [5.41, 5.74) is 4.18. The first-order chi connectivity index (χ1) is 35.7. The van der Waals surface area contributed by atoms with Crippen LogP contribution in [-0.4, -0.2) is 148 Å². The summed E-state index contributed by atoms with van der Waals surface area (Å²) < 4.78 is 42.7. The maximum Gasteiger partial charge on any atom is 0.468 e. The summed E-state index contributed by atoms with van der Waals surface area (Å²) in [5, 5.41) is 38.0. The van der Waals surface area contributed by atoms with Crippen molar-refractivity contribution in [1.82, 2.24) is 80.4 Å². The third kappa shape index (κ3) is 11.9. The Kier molecular flexibility index (Phi) is 18.7. The number of aryl methyl sites for hydroxylation is 2. The van der Waals surface area contributed by atoms with Gasteiger partial charge in [-0.3, -0.25) is 9.97 Å². The van der Waals surface area contributed by atoms with E-state index < -0.39 is 30.5 Å². The van der Waals surface area contributed by atoms with E-state index in [1.165, 1.54) is 0 Å². The normalized spacial score (nSPS) is 19.6. The number of benzene rings is 2. The van der Waals surface area contributed by atoms with Gasteiger partial charge >= 0.3 is 19.3 Å². The zero-order valence-electron chi connectivity index (χ0n) is 41.5. The van der Waals surface area contributed by atoms with Gasteiger partial charge < -0.3 is 38.1 Å². The standard InChI is InChI=1S/C20H16N9O3.C19H22BN4O5.C7H6BrN5.2CH4.2U/c1-27-19(23-24-26-27)14-4-2-13(9-21-14)12-3-5-15-17(8-12)31-11-16-18(32-20(30)29(15)16)10-28-7-6-22-25-28;1-18(2)19(3,4)29-20(28-18)12-5-6-13-15(9-12)26-11-14-16(27-17(25)24(13)14)10-23-8-7-21-22-23;1-13-7(10-11-12-13)6-3-2-5(8)4-9-6;;;;/h2,4-9,16,18H,10-11H2,1H3;6-9,14,16H,10-11H2,1-4H3;2-4H,1H3;2*1H4;;/q2*-1;;;;;/t16-,18-;14-,16-;;;;;/m00...../s1. The maximum atomic E-state index is 12.6. The summed E-state index contributed by atoms with van der Waals surface area (Å²) in [5.74, 6) is 2.42. The first-order valence-electron chi connectivity index (χ1n) is 23.1. The van der Waals surface area contributed by atoms with Crippen LogP contribution in [0.5, 0.6) is 11.5 Å². The Morgan fingerprint density at radius 3 is 1.63 bits per heavy atom. The van der Waals surface area contributed by atoms with E-state index in [2.05, 4.69) is 89.7 Å². The molecule has 2 amide bonds. The Morgan fingerprint density at radius 1 is 0.679 bits per heavy atom. The number of hydrogen-bond acceptors (Lipinski definition) is 20. The fourth-order valence-corrected chi connectivity index (χ4v) is 8.89. The first-order valence-corrected chi connectivity index (χ1v) is 23.9. The molecule has 11 heterocycles. The van der Waals surface area contributed by atoms with Crippen LogP contribution in [-0.2, 0) is 46.0 Å². The van der Waals surface area contributed by atoms with Gasteiger partial charge in [0.25, 0.3) is 0 Å². The molecule has 13 rings (SSSR count). The fourth-order valence-electron chi connectivity index (χ4n) is 8.66. The molecule has 0 unspecified atom stereocenters. The molecule has 78 heavy (non-hydrogen) atoms. The SMILES string of the molecule is C.C.CC1(C)OB(c2[c-]cc3c(c2)OC[C@H]2[C@H](Cn4ccnn4)OC(=O)N32)OC1(C)C.Cn1nnnc1-c1ccc(-c2[c-]cc3c(c2)OC[C@H]2[C@H](Cn4ccnn4)OC(=O)N32)cn1.Cn1nnnc1-c1ccc(Br)cn1.[U].[U]. The predicted octanol–water partition coefficient (Wildman–Crippen LogP) is 4.59. The zero-order chi connectivity index (χ0) is 51.3. The van der Waals surface area contributed by atoms with Crippen LogP contribution >= 0.6 is 15.9 Å². The number of ether oxygens (including phenoxy) is 4. The van der Waals surface area contributed by atoms with Gasteiger partial charge in [-0.25, -0.2) is 28.3 Å². The van der Waals surface area contributed by atoms with Gasteiger partial charge in [0, 0.05) is 111 Å². The fraction of sp³-hybridized carbons (Fsp3) is 0.375. The number of carbonyl (C=O) groups is 2. The van der Waals surface area contributed by atoms with Crippen LogP contribution in [0.15, 0.2) is 90.2 Å². The number of aromatic nitrogens is 16. The molecule has 0 radical (unpaired) electrons. The Labute approximate surface area is 504 Å². The minimum absolute atomic E-state index is 0. The molecule has 0 bridgehead atoms. The minimum atomic E-state index is -0.544. The number of tetrazole rings is 2. The molecule has 5 aliphatic rings. The Balaban J connectivity index is 0.000000178. The number of carbonyl (C=O) groups excluding carboxylic acids is 2. The Morgan fingerprint density at radius 2 is 1.18 bits per heavy atom. The second-order valence-electron chi connectivity index (χ2n) is 18.5. The average molecular weight is 1580 g/mol. The smallest absolute Gasteiger partial charge is 0.468 e. The van der Waals surface area contributed by atoms with E-state index in [-0.39, 0.29) is 101 Å². The predicted molar refractivity (Wildman–Crippen MR) is 275 cm³/mol. The van der Waals surface area contributed by atoms with Crippen molar-refractivity contribution in [2.75, 3.05) is 23.0 Å². The van der Waals surface area contributed by atoms with E-state index in [0.717, 1.165) is 26.8 Å². The molecule has 3 saturated heterocycles. The van der Waals surface area contributed by atoms with Crippen LogP contribution in [0.3, 0.4) is 0 Å². The largest absolute Gasteiger partial charge is 0.515 e. The van der Waals surface area contributed by atoms with Crippen LogP contribution in [0, 0.1) is 74.4 Å². The van der Waals surface area contributed by atoms with E-state index in [9.17, 15) is 9.59 Å². The molecule has 0 spiro atoms. The molecule has 3 fully saturated rings. The van der Waals surface area contributed by atoms with E-state index >= 15 is 0 Å². The number of halogens is 1. The van der Waals surface area contributed by atoms with Crippen LogP contribution in [0.4, 0.5) is 21.0 Å². The molecule has 8 aromatic rings. The third-order valence-corrected chi connectivity index (χ3v) is 13.7. The second kappa shape index (κ2) is 24.5. The summed E-state index contributed by atoms with van der Waals surface area (Å²) in [7, 11) is 2.99. The number of nitrogens with zero attached hydrogens (tertiary/aromatic N) is 18. The van der Waals surface area contributed by atoms with Gasteiger partial charge in [0.05, 0.1) is 42.4 Å². The van der Waals surface area contributed by atoms with E-state index in [1.54, 1.807) is 91.9 Å². The van der Waals surface area contributed by atoms with Gasteiger partial charge in [-0.2, -0.15) is 12.1 Å². The molecule has 4 atom stereocenters. The van der Waals surface area contributed by atoms with Crippen molar-refractivity contribution >= 4 is 52.1 Å². The molecule has 6 aromatic heterocycles. The summed E-state index contributed by atoms with van der Waals surface area (Å²) in [6.45, 7) is 9.48. The Hall–Kier alpha value is -6.13. The maximum absolute atomic E-state index is 12.6. The molecular weight excluding hydrogens is 1520 g/mol. The molecule has 5 aliphatic heterocycles. The second-order valence-corrected chi connectivity index (χ2v) is 19.4. The van der Waals surface area contributed by atoms with Crippen molar-refractivity contribution < 1.29 is 100 Å². The number of amides is 2. The number of fused-ring (bicyclic) bond motifs is 6. The van der Waals surface area contributed by atoms with Gasteiger partial charge in [-0.15, -0.1) is 55.7 Å². The monoisotopic (exact) mass is 1570 g/mol. The first kappa shape index (κ1) is 59.5. The van der Waals surface area contributed by atoms with E-state index in [0.29, 0.717) is 66.5 Å². The number of cyclic esters (lactones) is 2. The Bertz CT molecular complexity index is 3300. The van der Waals surface area contributed by atoms with Gasteiger partial charge in [0.15, 0.2) is 11.6 Å². The topological polar surface area (TPSA) is 270 Å². The van der Waals surface area contributed by atoms with E-state index in [4.69, 9.17) is 28.3 Å².